The van der Waals surface area contributed by atoms with E-state index in [1.54, 1.807) is 30.3 Å². The first-order chi connectivity index (χ1) is 14.3. The average molecular weight is 422 g/mol. The number of hydrogen-bond donors (Lipinski definition) is 1. The maximum atomic E-state index is 12.8. The summed E-state index contributed by atoms with van der Waals surface area (Å²) in [5, 5.41) is 4.14. The Bertz CT molecular complexity index is 1360. The lowest BCUT2D eigenvalue weighted by atomic mass is 10.1. The van der Waals surface area contributed by atoms with Gasteiger partial charge < -0.3 is 14.5 Å². The van der Waals surface area contributed by atoms with Gasteiger partial charge in [0, 0.05) is 16.8 Å². The number of carbonyl (C=O) groups excluding carboxylic acids is 1. The van der Waals surface area contributed by atoms with Gasteiger partial charge in [-0.05, 0) is 73.9 Å². The SMILES string of the molecule is Cc1ccc(OCC(=O)Nc2ccc3c(=O)c4cc(Cl)c(C)cc4oc3c2)cc1C. The number of anilines is 1. The lowest BCUT2D eigenvalue weighted by molar-refractivity contribution is -0.118. The second-order valence-electron chi connectivity index (χ2n) is 7.32. The monoisotopic (exact) mass is 421 g/mol. The summed E-state index contributed by atoms with van der Waals surface area (Å²) >= 11 is 6.14. The number of aryl methyl sites for hydroxylation is 3. The van der Waals surface area contributed by atoms with Crippen LogP contribution in [0.3, 0.4) is 0 Å². The Kier molecular flexibility index (Phi) is 5.22. The largest absolute Gasteiger partial charge is 0.484 e. The van der Waals surface area contributed by atoms with Gasteiger partial charge in [0.1, 0.15) is 16.9 Å². The number of hydrogen-bond acceptors (Lipinski definition) is 4. The minimum absolute atomic E-state index is 0.125. The summed E-state index contributed by atoms with van der Waals surface area (Å²) in [6.45, 7) is 5.73. The molecule has 30 heavy (non-hydrogen) atoms. The fourth-order valence-electron chi connectivity index (χ4n) is 3.20. The van der Waals surface area contributed by atoms with E-state index in [0.717, 1.165) is 16.7 Å². The molecule has 0 saturated heterocycles. The Labute approximate surface area is 178 Å². The van der Waals surface area contributed by atoms with Crippen LogP contribution in [-0.4, -0.2) is 12.5 Å². The molecule has 0 bridgehead atoms. The van der Waals surface area contributed by atoms with Gasteiger partial charge in [0.2, 0.25) is 5.43 Å². The van der Waals surface area contributed by atoms with Crippen LogP contribution in [0, 0.1) is 20.8 Å². The van der Waals surface area contributed by atoms with Gasteiger partial charge in [0.15, 0.2) is 6.61 Å². The van der Waals surface area contributed by atoms with Gasteiger partial charge in [-0.15, -0.1) is 0 Å². The van der Waals surface area contributed by atoms with Crippen LogP contribution in [0.2, 0.25) is 5.02 Å². The van der Waals surface area contributed by atoms with Crippen molar-refractivity contribution in [1.82, 2.24) is 0 Å². The summed E-state index contributed by atoms with van der Waals surface area (Å²) in [5.41, 5.74) is 4.28. The predicted octanol–water partition coefficient (Wildman–Crippen LogP) is 5.54. The molecule has 0 atom stereocenters. The number of halogens is 1. The van der Waals surface area contributed by atoms with Crippen LogP contribution in [0.15, 0.2) is 57.7 Å². The maximum absolute atomic E-state index is 12.8. The van der Waals surface area contributed by atoms with E-state index in [0.29, 0.717) is 38.4 Å². The molecule has 3 aromatic carbocycles. The van der Waals surface area contributed by atoms with Crippen molar-refractivity contribution in [1.29, 1.82) is 0 Å². The fourth-order valence-corrected chi connectivity index (χ4v) is 3.37. The van der Waals surface area contributed by atoms with Crippen LogP contribution in [-0.2, 0) is 4.79 Å². The number of fused-ring (bicyclic) bond motifs is 2. The topological polar surface area (TPSA) is 68.5 Å². The number of ether oxygens (including phenoxy) is 1. The Morgan fingerprint density at radius 2 is 1.70 bits per heavy atom. The van der Waals surface area contributed by atoms with E-state index in [-0.39, 0.29) is 17.9 Å². The minimum atomic E-state index is -0.307. The molecule has 0 saturated carbocycles. The lowest BCUT2D eigenvalue weighted by Crippen LogP contribution is -2.20. The summed E-state index contributed by atoms with van der Waals surface area (Å²) in [6.07, 6.45) is 0. The molecule has 1 aromatic heterocycles. The maximum Gasteiger partial charge on any atom is 0.262 e. The van der Waals surface area contributed by atoms with Gasteiger partial charge in [-0.25, -0.2) is 0 Å². The van der Waals surface area contributed by atoms with Crippen molar-refractivity contribution in [2.24, 2.45) is 0 Å². The first-order valence-electron chi connectivity index (χ1n) is 9.48. The van der Waals surface area contributed by atoms with Crippen molar-refractivity contribution in [2.45, 2.75) is 20.8 Å². The molecule has 0 radical (unpaired) electrons. The highest BCUT2D eigenvalue weighted by Crippen LogP contribution is 2.26. The van der Waals surface area contributed by atoms with E-state index in [1.807, 2.05) is 39.0 Å². The molecule has 1 heterocycles. The molecule has 0 aliphatic carbocycles. The summed E-state index contributed by atoms with van der Waals surface area (Å²) in [5.74, 6) is 0.330. The summed E-state index contributed by atoms with van der Waals surface area (Å²) in [4.78, 5) is 25.1. The first-order valence-corrected chi connectivity index (χ1v) is 9.86. The molecule has 152 valence electrons. The second kappa shape index (κ2) is 7.84. The van der Waals surface area contributed by atoms with E-state index in [4.69, 9.17) is 20.8 Å². The first kappa shape index (κ1) is 20.0. The van der Waals surface area contributed by atoms with Crippen molar-refractivity contribution in [2.75, 3.05) is 11.9 Å². The third-order valence-corrected chi connectivity index (χ3v) is 5.49. The zero-order valence-corrected chi connectivity index (χ0v) is 17.6. The summed E-state index contributed by atoms with van der Waals surface area (Å²) in [7, 11) is 0. The minimum Gasteiger partial charge on any atom is -0.484 e. The third kappa shape index (κ3) is 3.89. The van der Waals surface area contributed by atoms with Crippen LogP contribution in [0.25, 0.3) is 21.9 Å². The van der Waals surface area contributed by atoms with Gasteiger partial charge in [-0.3, -0.25) is 9.59 Å². The Morgan fingerprint density at radius 3 is 2.47 bits per heavy atom. The zero-order valence-electron chi connectivity index (χ0n) is 16.8. The molecule has 5 nitrogen and oxygen atoms in total. The van der Waals surface area contributed by atoms with Crippen molar-refractivity contribution in [3.8, 4) is 5.75 Å². The third-order valence-electron chi connectivity index (χ3n) is 5.08. The molecule has 1 N–H and O–H groups in total. The van der Waals surface area contributed by atoms with E-state index >= 15 is 0 Å². The molecule has 0 spiro atoms. The normalized spacial score (nSPS) is 11.1. The molecule has 4 aromatic rings. The van der Waals surface area contributed by atoms with Gasteiger partial charge in [-0.2, -0.15) is 0 Å². The number of nitrogens with one attached hydrogen (secondary N) is 1. The lowest BCUT2D eigenvalue weighted by Gasteiger charge is -2.10. The van der Waals surface area contributed by atoms with Crippen LogP contribution >= 0.6 is 11.6 Å². The van der Waals surface area contributed by atoms with Gasteiger partial charge >= 0.3 is 0 Å². The van der Waals surface area contributed by atoms with E-state index in [1.165, 1.54) is 0 Å². The van der Waals surface area contributed by atoms with Crippen molar-refractivity contribution in [3.63, 3.8) is 0 Å². The molecule has 6 heteroatoms. The molecule has 0 unspecified atom stereocenters. The van der Waals surface area contributed by atoms with E-state index < -0.39 is 0 Å². The Balaban J connectivity index is 1.56. The van der Waals surface area contributed by atoms with Crippen LogP contribution in [0.5, 0.6) is 5.75 Å². The highest BCUT2D eigenvalue weighted by Gasteiger charge is 2.12. The van der Waals surface area contributed by atoms with Gasteiger partial charge in [0.25, 0.3) is 5.91 Å². The Hall–Kier alpha value is -3.31. The smallest absolute Gasteiger partial charge is 0.262 e. The summed E-state index contributed by atoms with van der Waals surface area (Å²) in [6, 6.07) is 14.0. The van der Waals surface area contributed by atoms with Crippen LogP contribution in [0.1, 0.15) is 16.7 Å². The number of benzene rings is 3. The zero-order chi connectivity index (χ0) is 21.4. The van der Waals surface area contributed by atoms with Crippen LogP contribution in [0.4, 0.5) is 5.69 Å². The molecule has 0 aliphatic rings. The molecule has 4 rings (SSSR count). The average Bonchev–Trinajstić information content (AvgIpc) is 2.70. The highest BCUT2D eigenvalue weighted by atomic mass is 35.5. The van der Waals surface area contributed by atoms with Gasteiger partial charge in [-0.1, -0.05) is 17.7 Å². The van der Waals surface area contributed by atoms with E-state index in [2.05, 4.69) is 5.32 Å². The van der Waals surface area contributed by atoms with Crippen molar-refractivity contribution < 1.29 is 13.9 Å². The number of amides is 1. The summed E-state index contributed by atoms with van der Waals surface area (Å²) < 4.78 is 11.5. The molecular weight excluding hydrogens is 402 g/mol. The van der Waals surface area contributed by atoms with Gasteiger partial charge in [0.05, 0.1) is 10.8 Å². The molecular formula is C24H20ClNO4. The van der Waals surface area contributed by atoms with Crippen molar-refractivity contribution >= 4 is 45.1 Å². The molecule has 1 amide bonds. The highest BCUT2D eigenvalue weighted by molar-refractivity contribution is 6.32. The molecule has 0 fully saturated rings. The molecule has 0 aliphatic heterocycles. The fraction of sp³-hybridized carbons (Fsp3) is 0.167. The van der Waals surface area contributed by atoms with Crippen LogP contribution < -0.4 is 15.5 Å². The van der Waals surface area contributed by atoms with E-state index in [9.17, 15) is 9.59 Å². The number of carbonyl (C=O) groups is 1. The van der Waals surface area contributed by atoms with Crippen molar-refractivity contribution in [3.05, 3.63) is 80.5 Å². The second-order valence-corrected chi connectivity index (χ2v) is 7.73. The quantitative estimate of drug-likeness (QED) is 0.439. The predicted molar refractivity (Wildman–Crippen MR) is 120 cm³/mol. The number of rotatable bonds is 4. The standard InChI is InChI=1S/C24H20ClNO4/c1-13-4-6-17(8-14(13)2)29-12-23(27)26-16-5-7-18-22(10-16)30-21-9-15(3)20(25)11-19(21)24(18)28/h4-11H,12H2,1-3H3,(H,26,27). The Morgan fingerprint density at radius 1 is 0.933 bits per heavy atom.